The van der Waals surface area contributed by atoms with E-state index in [0.717, 1.165) is 6.42 Å². The largest absolute Gasteiger partial charge is 0.462 e. The second kappa shape index (κ2) is 9.76. The summed E-state index contributed by atoms with van der Waals surface area (Å²) < 4.78 is 11.2. The Hall–Kier alpha value is -2.58. The molecule has 1 N–H and O–H groups in total. The third-order valence-electron chi connectivity index (χ3n) is 5.66. The molecule has 0 radical (unpaired) electrons. The molecule has 1 aromatic carbocycles. The zero-order chi connectivity index (χ0) is 20.8. The number of carbonyl (C=O) groups is 2. The molecule has 1 heterocycles. The number of ether oxygens (including phenoxy) is 2. The molecule has 0 spiro atoms. The maximum absolute atomic E-state index is 12.5. The molecule has 0 amide bonds. The number of rotatable bonds is 6. The number of aliphatic hydroxyl groups is 1. The average molecular weight is 396 g/mol. The van der Waals surface area contributed by atoms with Crippen LogP contribution in [0.4, 0.5) is 0 Å². The van der Waals surface area contributed by atoms with Crippen LogP contribution in [0.1, 0.15) is 49.9 Å². The summed E-state index contributed by atoms with van der Waals surface area (Å²) in [5.74, 6) is 5.28. The lowest BCUT2D eigenvalue weighted by Crippen LogP contribution is -2.25. The van der Waals surface area contributed by atoms with Gasteiger partial charge in [0.2, 0.25) is 0 Å². The number of benzene rings is 1. The molecular formula is C24H28O5. The molecule has 3 rings (SSSR count). The molecule has 1 aromatic rings. The van der Waals surface area contributed by atoms with Gasteiger partial charge in [-0.3, -0.25) is 4.79 Å². The van der Waals surface area contributed by atoms with Gasteiger partial charge in [-0.1, -0.05) is 44.2 Å². The van der Waals surface area contributed by atoms with E-state index < -0.39 is 6.10 Å². The molecule has 5 heteroatoms. The van der Waals surface area contributed by atoms with Crippen molar-refractivity contribution in [3.8, 4) is 11.8 Å². The van der Waals surface area contributed by atoms with Crippen LogP contribution >= 0.6 is 0 Å². The Morgan fingerprint density at radius 2 is 2.10 bits per heavy atom. The molecule has 6 atom stereocenters. The van der Waals surface area contributed by atoms with Gasteiger partial charge in [0, 0.05) is 31.1 Å². The zero-order valence-electron chi connectivity index (χ0n) is 16.9. The van der Waals surface area contributed by atoms with Gasteiger partial charge in [-0.05, 0) is 18.1 Å². The first kappa shape index (κ1) is 21.1. The van der Waals surface area contributed by atoms with Crippen LogP contribution in [0.3, 0.4) is 0 Å². The standard InChI is InChI=1S/C24H28O5/c1-3-4-6-9-16(2)20(25)13-12-18-19-14-23(26)28-22(19)15-21(18)29-24(27)17-10-7-5-8-11-17/h5,7-8,10-13,16,18-22,25H,3,9,14-15H2,1-2H3/t16-,18+,19+,20+,21+,22-/m0/s1. The molecule has 1 aliphatic heterocycles. The van der Waals surface area contributed by atoms with E-state index in [1.165, 1.54) is 0 Å². The fourth-order valence-electron chi connectivity index (χ4n) is 3.98. The Kier molecular flexibility index (Phi) is 7.11. The van der Waals surface area contributed by atoms with Crippen LogP contribution in [0.25, 0.3) is 0 Å². The third-order valence-corrected chi connectivity index (χ3v) is 5.66. The topological polar surface area (TPSA) is 72.8 Å². The summed E-state index contributed by atoms with van der Waals surface area (Å²) in [5.41, 5.74) is 0.493. The SMILES string of the molecule is CCC#CC[C@H](C)[C@H](O)C=C[C@@H]1[C@H]2CC(=O)O[C@H]2C[C@H]1OC(=O)c1ccccc1. The van der Waals surface area contributed by atoms with Crippen molar-refractivity contribution in [2.45, 2.75) is 57.8 Å². The molecule has 1 saturated carbocycles. The van der Waals surface area contributed by atoms with Gasteiger partial charge >= 0.3 is 11.9 Å². The number of aliphatic hydroxyl groups excluding tert-OH is 1. The fourth-order valence-corrected chi connectivity index (χ4v) is 3.98. The van der Waals surface area contributed by atoms with E-state index in [0.29, 0.717) is 24.8 Å². The van der Waals surface area contributed by atoms with E-state index in [1.807, 2.05) is 26.0 Å². The van der Waals surface area contributed by atoms with Gasteiger partial charge in [0.15, 0.2) is 0 Å². The Morgan fingerprint density at radius 3 is 2.83 bits per heavy atom. The molecule has 1 saturated heterocycles. The van der Waals surface area contributed by atoms with Crippen molar-refractivity contribution < 1.29 is 24.2 Å². The minimum atomic E-state index is -0.649. The summed E-state index contributed by atoms with van der Waals surface area (Å²) in [5, 5.41) is 10.5. The summed E-state index contributed by atoms with van der Waals surface area (Å²) in [4.78, 5) is 24.2. The van der Waals surface area contributed by atoms with Crippen LogP contribution in [0, 0.1) is 29.6 Å². The predicted molar refractivity (Wildman–Crippen MR) is 109 cm³/mol. The highest BCUT2D eigenvalue weighted by molar-refractivity contribution is 5.89. The minimum absolute atomic E-state index is 0.00530. The second-order valence-electron chi connectivity index (χ2n) is 7.78. The van der Waals surface area contributed by atoms with Crippen molar-refractivity contribution in [3.05, 3.63) is 48.0 Å². The Labute approximate surface area is 172 Å². The molecular weight excluding hydrogens is 368 g/mol. The van der Waals surface area contributed by atoms with Crippen LogP contribution < -0.4 is 0 Å². The van der Waals surface area contributed by atoms with Gasteiger partial charge in [-0.15, -0.1) is 11.8 Å². The highest BCUT2D eigenvalue weighted by Crippen LogP contribution is 2.43. The first-order chi connectivity index (χ1) is 14.0. The van der Waals surface area contributed by atoms with Crippen molar-refractivity contribution in [2.24, 2.45) is 17.8 Å². The Balaban J connectivity index is 1.69. The number of hydrogen-bond acceptors (Lipinski definition) is 5. The van der Waals surface area contributed by atoms with Crippen molar-refractivity contribution in [3.63, 3.8) is 0 Å². The normalized spacial score (nSPS) is 27.6. The smallest absolute Gasteiger partial charge is 0.338 e. The molecule has 2 fully saturated rings. The fraction of sp³-hybridized carbons (Fsp3) is 0.500. The molecule has 154 valence electrons. The summed E-state index contributed by atoms with van der Waals surface area (Å²) >= 11 is 0. The summed E-state index contributed by atoms with van der Waals surface area (Å²) in [6.07, 6.45) is 4.58. The third kappa shape index (κ3) is 5.27. The predicted octanol–water partition coefficient (Wildman–Crippen LogP) is 3.52. The maximum atomic E-state index is 12.5. The van der Waals surface area contributed by atoms with E-state index in [9.17, 15) is 14.7 Å². The van der Waals surface area contributed by atoms with Gasteiger partial charge in [-0.25, -0.2) is 4.79 Å². The van der Waals surface area contributed by atoms with E-state index in [1.54, 1.807) is 30.3 Å². The molecule has 0 aromatic heterocycles. The lowest BCUT2D eigenvalue weighted by atomic mass is 9.90. The number of fused-ring (bicyclic) bond motifs is 1. The van der Waals surface area contributed by atoms with Crippen molar-refractivity contribution >= 4 is 11.9 Å². The summed E-state index contributed by atoms with van der Waals surface area (Å²) in [6.45, 7) is 3.94. The molecule has 0 bridgehead atoms. The monoisotopic (exact) mass is 396 g/mol. The molecule has 1 aliphatic carbocycles. The van der Waals surface area contributed by atoms with Gasteiger partial charge in [0.25, 0.3) is 0 Å². The first-order valence-electron chi connectivity index (χ1n) is 10.3. The number of carbonyl (C=O) groups excluding carboxylic acids is 2. The number of hydrogen-bond donors (Lipinski definition) is 1. The zero-order valence-corrected chi connectivity index (χ0v) is 16.9. The van der Waals surface area contributed by atoms with Gasteiger partial charge < -0.3 is 14.6 Å². The van der Waals surface area contributed by atoms with Crippen molar-refractivity contribution in [1.29, 1.82) is 0 Å². The van der Waals surface area contributed by atoms with Gasteiger partial charge in [-0.2, -0.15) is 0 Å². The molecule has 0 unspecified atom stereocenters. The van der Waals surface area contributed by atoms with Crippen LogP contribution in [0.5, 0.6) is 0 Å². The first-order valence-corrected chi connectivity index (χ1v) is 10.3. The molecule has 5 nitrogen and oxygen atoms in total. The van der Waals surface area contributed by atoms with Crippen LogP contribution in [0.15, 0.2) is 42.5 Å². The van der Waals surface area contributed by atoms with E-state index in [4.69, 9.17) is 9.47 Å². The van der Waals surface area contributed by atoms with Crippen LogP contribution in [0.2, 0.25) is 0 Å². The van der Waals surface area contributed by atoms with E-state index in [-0.39, 0.29) is 41.9 Å². The van der Waals surface area contributed by atoms with Crippen molar-refractivity contribution in [2.75, 3.05) is 0 Å². The average Bonchev–Trinajstić information content (AvgIpc) is 3.22. The Morgan fingerprint density at radius 1 is 1.34 bits per heavy atom. The van der Waals surface area contributed by atoms with E-state index >= 15 is 0 Å². The van der Waals surface area contributed by atoms with E-state index in [2.05, 4.69) is 11.8 Å². The van der Waals surface area contributed by atoms with Gasteiger partial charge in [0.05, 0.1) is 18.1 Å². The highest BCUT2D eigenvalue weighted by atomic mass is 16.6. The van der Waals surface area contributed by atoms with Crippen molar-refractivity contribution in [1.82, 2.24) is 0 Å². The molecule has 2 aliphatic rings. The maximum Gasteiger partial charge on any atom is 0.338 e. The van der Waals surface area contributed by atoms with Crippen LogP contribution in [-0.4, -0.2) is 35.4 Å². The molecule has 29 heavy (non-hydrogen) atoms. The summed E-state index contributed by atoms with van der Waals surface area (Å²) in [7, 11) is 0. The van der Waals surface area contributed by atoms with Gasteiger partial charge in [0.1, 0.15) is 12.2 Å². The lowest BCUT2D eigenvalue weighted by Gasteiger charge is -2.21. The number of esters is 2. The summed E-state index contributed by atoms with van der Waals surface area (Å²) in [6, 6.07) is 8.85. The minimum Gasteiger partial charge on any atom is -0.462 e. The second-order valence-corrected chi connectivity index (χ2v) is 7.78. The Bertz CT molecular complexity index is 804. The highest BCUT2D eigenvalue weighted by Gasteiger charge is 2.50. The lowest BCUT2D eigenvalue weighted by molar-refractivity contribution is -0.141. The van der Waals surface area contributed by atoms with Crippen LogP contribution in [-0.2, 0) is 14.3 Å². The quantitative estimate of drug-likeness (QED) is 0.452.